The monoisotopic (exact) mass is 315 g/mol. The van der Waals surface area contributed by atoms with Crippen LogP contribution in [0.25, 0.3) is 0 Å². The van der Waals surface area contributed by atoms with E-state index in [0.717, 1.165) is 6.54 Å². The second-order valence-corrected chi connectivity index (χ2v) is 5.90. The topological polar surface area (TPSA) is 87.3 Å². The molecule has 120 valence electrons. The minimum atomic E-state index is -0.495. The maximum Gasteiger partial charge on any atom is 0.330 e. The van der Waals surface area contributed by atoms with Gasteiger partial charge in [-0.05, 0) is 5.56 Å². The van der Waals surface area contributed by atoms with Gasteiger partial charge in [-0.3, -0.25) is 19.2 Å². The highest BCUT2D eigenvalue weighted by Crippen LogP contribution is 2.48. The highest BCUT2D eigenvalue weighted by molar-refractivity contribution is 5.20. The van der Waals surface area contributed by atoms with Gasteiger partial charge in [0.1, 0.15) is 6.10 Å². The van der Waals surface area contributed by atoms with E-state index in [0.29, 0.717) is 0 Å². The summed E-state index contributed by atoms with van der Waals surface area (Å²) < 4.78 is 7.19. The van der Waals surface area contributed by atoms with Crippen LogP contribution in [0.5, 0.6) is 0 Å². The van der Waals surface area contributed by atoms with E-state index in [2.05, 4.69) is 9.88 Å². The number of hydrogen-bond donors (Lipinski definition) is 2. The zero-order valence-corrected chi connectivity index (χ0v) is 12.3. The molecule has 2 saturated heterocycles. The summed E-state index contributed by atoms with van der Waals surface area (Å²) in [7, 11) is 0. The van der Waals surface area contributed by atoms with Gasteiger partial charge in [-0.2, -0.15) is 0 Å². The van der Waals surface area contributed by atoms with Crippen LogP contribution in [0.3, 0.4) is 0 Å². The molecular formula is C16H17N3O4. The molecule has 2 N–H and O–H groups in total. The Balaban J connectivity index is 1.60. The van der Waals surface area contributed by atoms with E-state index in [4.69, 9.17) is 4.74 Å². The molecule has 1 aromatic carbocycles. The predicted molar refractivity (Wildman–Crippen MR) is 81.9 cm³/mol. The summed E-state index contributed by atoms with van der Waals surface area (Å²) in [5, 5.41) is 9.53. The van der Waals surface area contributed by atoms with Gasteiger partial charge in [-0.15, -0.1) is 0 Å². The van der Waals surface area contributed by atoms with Crippen molar-refractivity contribution in [1.29, 1.82) is 0 Å². The lowest BCUT2D eigenvalue weighted by Crippen LogP contribution is -2.36. The number of H-pyrrole nitrogens is 1. The predicted octanol–water partition coefficient (Wildman–Crippen LogP) is -0.321. The maximum absolute atomic E-state index is 12.0. The normalized spacial score (nSPS) is 31.8. The molecule has 4 rings (SSSR count). The highest BCUT2D eigenvalue weighted by Gasteiger charge is 2.63. The number of ether oxygens (including phenoxy) is 1. The van der Waals surface area contributed by atoms with Crippen molar-refractivity contribution in [3.05, 3.63) is 69.0 Å². The van der Waals surface area contributed by atoms with Crippen LogP contribution in [0.4, 0.5) is 0 Å². The molecule has 23 heavy (non-hydrogen) atoms. The number of aromatic nitrogens is 2. The molecule has 0 bridgehead atoms. The van der Waals surface area contributed by atoms with Crippen LogP contribution < -0.4 is 11.2 Å². The molecule has 0 amide bonds. The zero-order chi connectivity index (χ0) is 16.0. The lowest BCUT2D eigenvalue weighted by molar-refractivity contribution is -0.0652. The number of rotatable bonds is 4. The van der Waals surface area contributed by atoms with Crippen molar-refractivity contribution in [3.8, 4) is 0 Å². The molecular weight excluding hydrogens is 298 g/mol. The summed E-state index contributed by atoms with van der Waals surface area (Å²) in [4.78, 5) is 27.7. The SMILES string of the molecule is O=c1ccn([C@@H]2O[C@H](CO)[C@@H]3[C@H]2N3Cc2ccccc2)c(=O)[nH]1. The van der Waals surface area contributed by atoms with Gasteiger partial charge < -0.3 is 9.84 Å². The molecule has 0 radical (unpaired) electrons. The van der Waals surface area contributed by atoms with Crippen LogP contribution in [-0.2, 0) is 11.3 Å². The van der Waals surface area contributed by atoms with Crippen LogP contribution in [0.1, 0.15) is 11.8 Å². The Bertz CT molecular complexity index is 816. The average Bonchev–Trinajstić information content (AvgIpc) is 3.10. The van der Waals surface area contributed by atoms with Crippen LogP contribution in [0.15, 0.2) is 52.2 Å². The molecule has 2 aliphatic rings. The van der Waals surface area contributed by atoms with Crippen molar-refractivity contribution in [2.45, 2.75) is 31.0 Å². The Kier molecular flexibility index (Phi) is 3.41. The smallest absolute Gasteiger partial charge is 0.330 e. The first kappa shape index (κ1) is 14.4. The first-order valence-corrected chi connectivity index (χ1v) is 7.56. The van der Waals surface area contributed by atoms with Crippen LogP contribution >= 0.6 is 0 Å². The van der Waals surface area contributed by atoms with Gasteiger partial charge in [0.05, 0.1) is 18.7 Å². The van der Waals surface area contributed by atoms with Gasteiger partial charge in [0.2, 0.25) is 0 Å². The van der Waals surface area contributed by atoms with E-state index in [1.165, 1.54) is 22.4 Å². The van der Waals surface area contributed by atoms with E-state index in [1.807, 2.05) is 30.3 Å². The Labute approximate surface area is 131 Å². The molecule has 0 spiro atoms. The van der Waals surface area contributed by atoms with Crippen LogP contribution in [0.2, 0.25) is 0 Å². The van der Waals surface area contributed by atoms with Gasteiger partial charge in [-0.1, -0.05) is 30.3 Å². The maximum atomic E-state index is 12.0. The van der Waals surface area contributed by atoms with E-state index < -0.39 is 17.5 Å². The van der Waals surface area contributed by atoms with Gasteiger partial charge in [0, 0.05) is 18.8 Å². The number of aromatic amines is 1. The van der Waals surface area contributed by atoms with Gasteiger partial charge in [0.25, 0.3) is 5.56 Å². The largest absolute Gasteiger partial charge is 0.394 e. The molecule has 0 aliphatic carbocycles. The number of hydrogen-bond acceptors (Lipinski definition) is 5. The third-order valence-electron chi connectivity index (χ3n) is 4.53. The van der Waals surface area contributed by atoms with Crippen LogP contribution in [-0.4, -0.2) is 44.4 Å². The van der Waals surface area contributed by atoms with Crippen molar-refractivity contribution in [1.82, 2.24) is 14.5 Å². The lowest BCUT2D eigenvalue weighted by Gasteiger charge is -2.22. The number of nitrogens with zero attached hydrogens (tertiary/aromatic N) is 2. The quantitative estimate of drug-likeness (QED) is 0.755. The fourth-order valence-corrected chi connectivity index (χ4v) is 3.44. The van der Waals surface area contributed by atoms with E-state index >= 15 is 0 Å². The molecule has 7 nitrogen and oxygen atoms in total. The van der Waals surface area contributed by atoms with E-state index in [9.17, 15) is 14.7 Å². The second-order valence-electron chi connectivity index (χ2n) is 5.90. The fourth-order valence-electron chi connectivity index (χ4n) is 3.44. The Morgan fingerprint density at radius 1 is 1.13 bits per heavy atom. The van der Waals surface area contributed by atoms with Crippen molar-refractivity contribution in [2.75, 3.05) is 6.61 Å². The molecule has 2 aromatic rings. The number of aliphatic hydroxyl groups excluding tert-OH is 1. The van der Waals surface area contributed by atoms with Gasteiger partial charge >= 0.3 is 5.69 Å². The average molecular weight is 315 g/mol. The standard InChI is InChI=1S/C16H17N3O4/c20-9-11-13-14(19(13)8-10-4-2-1-3-5-10)15(23-11)18-7-6-12(21)17-16(18)22/h1-7,11,13-15,20H,8-9H2,(H,17,21,22)/t11-,13-,14-,15-,19?/m1/s1. The Morgan fingerprint density at radius 2 is 1.91 bits per heavy atom. The molecule has 0 saturated carbocycles. The molecule has 3 heterocycles. The molecule has 1 aromatic heterocycles. The summed E-state index contributed by atoms with van der Waals surface area (Å²) >= 11 is 0. The van der Waals surface area contributed by atoms with Gasteiger partial charge in [0.15, 0.2) is 6.23 Å². The van der Waals surface area contributed by atoms with E-state index in [1.54, 1.807) is 0 Å². The minimum Gasteiger partial charge on any atom is -0.394 e. The van der Waals surface area contributed by atoms with Gasteiger partial charge in [-0.25, -0.2) is 4.79 Å². The van der Waals surface area contributed by atoms with Crippen molar-refractivity contribution in [3.63, 3.8) is 0 Å². The summed E-state index contributed by atoms with van der Waals surface area (Å²) in [6, 6.07) is 11.4. The van der Waals surface area contributed by atoms with Crippen molar-refractivity contribution in [2.24, 2.45) is 0 Å². The molecule has 7 heteroatoms. The fraction of sp³-hybridized carbons (Fsp3) is 0.375. The Hall–Kier alpha value is -2.22. The molecule has 5 atom stereocenters. The lowest BCUT2D eigenvalue weighted by atomic mass is 10.2. The zero-order valence-electron chi connectivity index (χ0n) is 12.3. The third-order valence-corrected chi connectivity index (χ3v) is 4.53. The van der Waals surface area contributed by atoms with Crippen molar-refractivity contribution >= 4 is 0 Å². The van der Waals surface area contributed by atoms with E-state index in [-0.39, 0.29) is 24.8 Å². The summed E-state index contributed by atoms with van der Waals surface area (Å²) in [5.41, 5.74) is 0.244. The number of nitrogens with one attached hydrogen (secondary N) is 1. The third kappa shape index (κ3) is 2.42. The number of fused-ring (bicyclic) bond motifs is 1. The van der Waals surface area contributed by atoms with Crippen molar-refractivity contribution < 1.29 is 9.84 Å². The summed E-state index contributed by atoms with van der Waals surface area (Å²) in [5.74, 6) is 0. The highest BCUT2D eigenvalue weighted by atomic mass is 16.5. The second kappa shape index (κ2) is 5.45. The first-order valence-electron chi connectivity index (χ1n) is 7.56. The molecule has 2 fully saturated rings. The first-order chi connectivity index (χ1) is 11.2. The minimum absolute atomic E-state index is 0.0240. The summed E-state index contributed by atoms with van der Waals surface area (Å²) in [6.07, 6.45) is 0.625. The number of morpholine rings is 1. The molecule has 1 unspecified atom stereocenters. The molecule has 2 aliphatic heterocycles. The Morgan fingerprint density at radius 3 is 2.61 bits per heavy atom. The summed E-state index contributed by atoms with van der Waals surface area (Å²) in [6.45, 7) is 0.645. The number of benzene rings is 1. The number of aliphatic hydroxyl groups is 1. The van der Waals surface area contributed by atoms with Crippen LogP contribution in [0, 0.1) is 0 Å².